The molecule has 0 aromatic heterocycles. The Morgan fingerprint density at radius 2 is 1.83 bits per heavy atom. The van der Waals surface area contributed by atoms with Crippen molar-refractivity contribution in [1.29, 1.82) is 0 Å². The minimum atomic E-state index is -0.0253. The maximum absolute atomic E-state index is 12.9. The zero-order valence-electron chi connectivity index (χ0n) is 18.6. The second-order valence-corrected chi connectivity index (χ2v) is 8.12. The normalized spacial score (nSPS) is 16.1. The lowest BCUT2D eigenvalue weighted by Gasteiger charge is -2.32. The van der Waals surface area contributed by atoms with Gasteiger partial charge in [0, 0.05) is 12.5 Å². The summed E-state index contributed by atoms with van der Waals surface area (Å²) >= 11 is 0. The first kappa shape index (κ1) is 22.2. The maximum atomic E-state index is 12.9. The predicted molar refractivity (Wildman–Crippen MR) is 120 cm³/mol. The molecular formula is C25H34N2O3. The van der Waals surface area contributed by atoms with Crippen molar-refractivity contribution in [2.24, 2.45) is 5.92 Å². The molecule has 3 rings (SSSR count). The first-order valence-electron chi connectivity index (χ1n) is 10.8. The molecule has 0 bridgehead atoms. The predicted octanol–water partition coefficient (Wildman–Crippen LogP) is 4.49. The molecule has 1 amide bonds. The van der Waals surface area contributed by atoms with Crippen molar-refractivity contribution in [3.63, 3.8) is 0 Å². The van der Waals surface area contributed by atoms with Gasteiger partial charge in [-0.3, -0.25) is 9.69 Å². The number of nitrogens with one attached hydrogen (secondary N) is 1. The van der Waals surface area contributed by atoms with Gasteiger partial charge in [0.05, 0.1) is 20.3 Å². The van der Waals surface area contributed by atoms with Crippen molar-refractivity contribution in [3.05, 3.63) is 59.2 Å². The topological polar surface area (TPSA) is 50.8 Å². The Kier molecular flexibility index (Phi) is 7.75. The Hall–Kier alpha value is -2.53. The fraction of sp³-hybridized carbons (Fsp3) is 0.480. The van der Waals surface area contributed by atoms with E-state index in [0.29, 0.717) is 11.5 Å². The van der Waals surface area contributed by atoms with Crippen LogP contribution in [0.5, 0.6) is 11.5 Å². The van der Waals surface area contributed by atoms with Crippen LogP contribution in [0, 0.1) is 12.8 Å². The highest BCUT2D eigenvalue weighted by atomic mass is 16.5. The van der Waals surface area contributed by atoms with Gasteiger partial charge in [-0.1, -0.05) is 42.8 Å². The van der Waals surface area contributed by atoms with Crippen molar-refractivity contribution >= 4 is 5.91 Å². The van der Waals surface area contributed by atoms with E-state index in [9.17, 15) is 4.79 Å². The molecule has 1 unspecified atom stereocenters. The summed E-state index contributed by atoms with van der Waals surface area (Å²) in [6, 6.07) is 14.5. The van der Waals surface area contributed by atoms with E-state index in [1.54, 1.807) is 14.2 Å². The summed E-state index contributed by atoms with van der Waals surface area (Å²) in [5.74, 6) is 1.62. The largest absolute Gasteiger partial charge is 0.493 e. The van der Waals surface area contributed by atoms with Crippen molar-refractivity contribution < 1.29 is 14.3 Å². The van der Waals surface area contributed by atoms with Crippen molar-refractivity contribution in [1.82, 2.24) is 10.2 Å². The molecule has 1 aliphatic heterocycles. The molecule has 1 atom stereocenters. The summed E-state index contributed by atoms with van der Waals surface area (Å²) in [5.41, 5.74) is 3.68. The number of ether oxygens (including phenoxy) is 2. The average molecular weight is 411 g/mol. The molecule has 0 spiro atoms. The Balaban J connectivity index is 1.55. The van der Waals surface area contributed by atoms with Crippen LogP contribution in [0.4, 0.5) is 0 Å². The molecule has 1 heterocycles. The summed E-state index contributed by atoms with van der Waals surface area (Å²) < 4.78 is 10.7. The quantitative estimate of drug-likeness (QED) is 0.697. The Labute approximate surface area is 180 Å². The standard InChI is InChI=1S/C25H34N2O3/c1-5-22(21-9-10-23(29-3)24(16-21)30-4)26-25(28)20-11-13-27(14-12-20)17-19-8-6-7-18(2)15-19/h6-10,15-16,20,22H,5,11-14,17H2,1-4H3,(H,26,28). The lowest BCUT2D eigenvalue weighted by molar-refractivity contribution is -0.127. The lowest BCUT2D eigenvalue weighted by Crippen LogP contribution is -2.41. The molecule has 1 saturated heterocycles. The van der Waals surface area contributed by atoms with Gasteiger partial charge in [-0.2, -0.15) is 0 Å². The molecule has 0 saturated carbocycles. The Morgan fingerprint density at radius 1 is 1.10 bits per heavy atom. The molecule has 1 fully saturated rings. The third kappa shape index (κ3) is 5.54. The van der Waals surface area contributed by atoms with Crippen LogP contribution < -0.4 is 14.8 Å². The molecule has 2 aromatic rings. The number of nitrogens with zero attached hydrogens (tertiary/aromatic N) is 1. The summed E-state index contributed by atoms with van der Waals surface area (Å²) in [5, 5.41) is 3.26. The van der Waals surface area contributed by atoms with Gasteiger partial charge in [0.1, 0.15) is 0 Å². The molecular weight excluding hydrogens is 376 g/mol. The number of carbonyl (C=O) groups is 1. The highest BCUT2D eigenvalue weighted by Gasteiger charge is 2.27. The van der Waals surface area contributed by atoms with Crippen molar-refractivity contribution in [3.8, 4) is 11.5 Å². The van der Waals surface area contributed by atoms with Crippen LogP contribution in [-0.2, 0) is 11.3 Å². The van der Waals surface area contributed by atoms with Gasteiger partial charge >= 0.3 is 0 Å². The second-order valence-electron chi connectivity index (χ2n) is 8.12. The molecule has 1 aliphatic rings. The summed E-state index contributed by atoms with van der Waals surface area (Å²) in [6.45, 7) is 7.09. The number of methoxy groups -OCH3 is 2. The van der Waals surface area contributed by atoms with Gasteiger partial charge < -0.3 is 14.8 Å². The zero-order valence-corrected chi connectivity index (χ0v) is 18.6. The lowest BCUT2D eigenvalue weighted by atomic mass is 9.94. The monoisotopic (exact) mass is 410 g/mol. The molecule has 5 heteroatoms. The van der Waals surface area contributed by atoms with Crippen LogP contribution in [-0.4, -0.2) is 38.1 Å². The van der Waals surface area contributed by atoms with E-state index in [-0.39, 0.29) is 17.9 Å². The van der Waals surface area contributed by atoms with Gasteiger partial charge in [0.2, 0.25) is 5.91 Å². The molecule has 2 aromatic carbocycles. The molecule has 30 heavy (non-hydrogen) atoms. The van der Waals surface area contributed by atoms with Crippen molar-refractivity contribution in [2.45, 2.75) is 45.7 Å². The van der Waals surface area contributed by atoms with E-state index >= 15 is 0 Å². The minimum Gasteiger partial charge on any atom is -0.493 e. The number of rotatable bonds is 8. The molecule has 162 valence electrons. The van der Waals surface area contributed by atoms with Gasteiger partial charge in [-0.25, -0.2) is 0 Å². The van der Waals surface area contributed by atoms with Crippen molar-refractivity contribution in [2.75, 3.05) is 27.3 Å². The molecule has 5 nitrogen and oxygen atoms in total. The average Bonchev–Trinajstić information content (AvgIpc) is 2.77. The number of aryl methyl sites for hydroxylation is 1. The van der Waals surface area contributed by atoms with E-state index in [4.69, 9.17) is 9.47 Å². The maximum Gasteiger partial charge on any atom is 0.223 e. The summed E-state index contributed by atoms with van der Waals surface area (Å²) in [7, 11) is 3.26. The number of carbonyl (C=O) groups excluding carboxylic acids is 1. The third-order valence-electron chi connectivity index (χ3n) is 5.98. The van der Waals surface area contributed by atoms with Crippen LogP contribution >= 0.6 is 0 Å². The van der Waals surface area contributed by atoms with Gasteiger partial charge in [-0.05, 0) is 62.5 Å². The number of benzene rings is 2. The number of amides is 1. The van der Waals surface area contributed by atoms with E-state index in [2.05, 4.69) is 48.3 Å². The number of hydrogen-bond donors (Lipinski definition) is 1. The Morgan fingerprint density at radius 3 is 2.47 bits per heavy atom. The van der Waals surface area contributed by atoms with Gasteiger partial charge in [0.15, 0.2) is 11.5 Å². The van der Waals surface area contributed by atoms with Crippen LogP contribution in [0.15, 0.2) is 42.5 Å². The van der Waals surface area contributed by atoms with Crippen LogP contribution in [0.25, 0.3) is 0 Å². The second kappa shape index (κ2) is 10.5. The van der Waals surface area contributed by atoms with Crippen LogP contribution in [0.1, 0.15) is 48.9 Å². The molecule has 0 radical (unpaired) electrons. The number of piperidine rings is 1. The number of hydrogen-bond acceptors (Lipinski definition) is 4. The fourth-order valence-electron chi connectivity index (χ4n) is 4.20. The first-order valence-corrected chi connectivity index (χ1v) is 10.8. The minimum absolute atomic E-state index is 0.0253. The summed E-state index contributed by atoms with van der Waals surface area (Å²) in [6.07, 6.45) is 2.63. The van der Waals surface area contributed by atoms with E-state index in [0.717, 1.165) is 44.5 Å². The Bertz CT molecular complexity index is 844. The van der Waals surface area contributed by atoms with Gasteiger partial charge in [0.25, 0.3) is 0 Å². The highest BCUT2D eigenvalue weighted by molar-refractivity contribution is 5.79. The van der Waals surface area contributed by atoms with Crippen LogP contribution in [0.3, 0.4) is 0 Å². The first-order chi connectivity index (χ1) is 14.5. The summed E-state index contributed by atoms with van der Waals surface area (Å²) in [4.78, 5) is 15.4. The highest BCUT2D eigenvalue weighted by Crippen LogP contribution is 2.31. The van der Waals surface area contributed by atoms with Gasteiger partial charge in [-0.15, -0.1) is 0 Å². The van der Waals surface area contributed by atoms with Crippen LogP contribution in [0.2, 0.25) is 0 Å². The fourth-order valence-corrected chi connectivity index (χ4v) is 4.20. The SMILES string of the molecule is CCC(NC(=O)C1CCN(Cc2cccc(C)c2)CC1)c1ccc(OC)c(OC)c1. The van der Waals surface area contributed by atoms with E-state index in [1.165, 1.54) is 11.1 Å². The molecule has 1 N–H and O–H groups in total. The molecule has 0 aliphatic carbocycles. The third-order valence-corrected chi connectivity index (χ3v) is 5.98. The van der Waals surface area contributed by atoms with E-state index < -0.39 is 0 Å². The number of likely N-dealkylation sites (tertiary alicyclic amines) is 1. The zero-order chi connectivity index (χ0) is 21.5. The van der Waals surface area contributed by atoms with E-state index in [1.807, 2.05) is 18.2 Å². The smallest absolute Gasteiger partial charge is 0.223 e.